The molecule has 4 N–H and O–H groups in total. The molecule has 134 valence electrons. The number of amides is 2. The fourth-order valence-corrected chi connectivity index (χ4v) is 2.62. The van der Waals surface area contributed by atoms with Gasteiger partial charge in [0.2, 0.25) is 0 Å². The molecule has 0 aliphatic heterocycles. The first-order chi connectivity index (χ1) is 12.9. The summed E-state index contributed by atoms with van der Waals surface area (Å²) in [6.07, 6.45) is 0.750. The van der Waals surface area contributed by atoms with Crippen molar-refractivity contribution in [1.29, 1.82) is 0 Å². The Bertz CT molecular complexity index is 983. The number of phenolic OH excluding ortho intramolecular Hbond substituents is 2. The van der Waals surface area contributed by atoms with Gasteiger partial charge in [-0.25, -0.2) is 0 Å². The van der Waals surface area contributed by atoms with Crippen LogP contribution in [-0.2, 0) is 6.42 Å². The van der Waals surface area contributed by atoms with Crippen molar-refractivity contribution in [1.82, 2.24) is 5.73 Å². The first-order valence-corrected chi connectivity index (χ1v) is 8.11. The highest BCUT2D eigenvalue weighted by Crippen LogP contribution is 2.28. The molecule has 3 rings (SSSR count). The second-order valence-electron chi connectivity index (χ2n) is 5.95. The number of anilines is 1. The highest BCUT2D eigenvalue weighted by Gasteiger charge is 2.18. The number of aromatic hydroxyl groups is 2. The van der Waals surface area contributed by atoms with Crippen molar-refractivity contribution >= 4 is 17.5 Å². The Labute approximate surface area is 155 Å². The van der Waals surface area contributed by atoms with Gasteiger partial charge in [0.15, 0.2) is 0 Å². The number of nitrogens with one attached hydrogen (secondary N) is 2. The van der Waals surface area contributed by atoms with Crippen LogP contribution in [0.15, 0.2) is 60.7 Å². The SMILES string of the molecule is [NH]C(=O)c1cc(O)c(C(=O)Nc2ccc(Cc3cc[c]cc3)cc2)cc1O. The van der Waals surface area contributed by atoms with E-state index in [4.69, 9.17) is 5.73 Å². The van der Waals surface area contributed by atoms with E-state index in [1.54, 1.807) is 12.1 Å². The molecule has 0 fully saturated rings. The fourth-order valence-electron chi connectivity index (χ4n) is 2.62. The number of hydrogen-bond donors (Lipinski definition) is 3. The summed E-state index contributed by atoms with van der Waals surface area (Å²) in [7, 11) is 0. The van der Waals surface area contributed by atoms with Gasteiger partial charge in [-0.15, -0.1) is 0 Å². The first-order valence-electron chi connectivity index (χ1n) is 8.11. The predicted octanol–water partition coefficient (Wildman–Crippen LogP) is 3.16. The molecule has 2 amide bonds. The van der Waals surface area contributed by atoms with E-state index in [1.807, 2.05) is 36.4 Å². The monoisotopic (exact) mass is 360 g/mol. The van der Waals surface area contributed by atoms with Crippen molar-refractivity contribution in [3.8, 4) is 11.5 Å². The van der Waals surface area contributed by atoms with E-state index in [0.29, 0.717) is 5.69 Å². The third-order valence-electron chi connectivity index (χ3n) is 4.01. The smallest absolute Gasteiger partial charge is 0.273 e. The van der Waals surface area contributed by atoms with Gasteiger partial charge >= 0.3 is 0 Å². The maximum absolute atomic E-state index is 12.3. The molecular weight excluding hydrogens is 344 g/mol. The molecule has 0 unspecified atom stereocenters. The molecule has 0 aliphatic carbocycles. The number of rotatable bonds is 5. The van der Waals surface area contributed by atoms with Crippen molar-refractivity contribution in [2.24, 2.45) is 0 Å². The highest BCUT2D eigenvalue weighted by molar-refractivity contribution is 6.07. The fraction of sp³-hybridized carbons (Fsp3) is 0.0476. The second kappa shape index (κ2) is 7.61. The Balaban J connectivity index is 1.73. The third-order valence-corrected chi connectivity index (χ3v) is 4.01. The lowest BCUT2D eigenvalue weighted by Gasteiger charge is -2.10. The van der Waals surface area contributed by atoms with Gasteiger partial charge in [0.05, 0.1) is 11.1 Å². The van der Waals surface area contributed by atoms with Gasteiger partial charge in [0.1, 0.15) is 11.5 Å². The van der Waals surface area contributed by atoms with E-state index in [2.05, 4.69) is 11.4 Å². The molecule has 3 aromatic carbocycles. The minimum absolute atomic E-state index is 0.192. The summed E-state index contributed by atoms with van der Waals surface area (Å²) in [6, 6.07) is 19.7. The zero-order chi connectivity index (χ0) is 19.4. The summed E-state index contributed by atoms with van der Waals surface area (Å²) in [5.74, 6) is -2.81. The average Bonchev–Trinajstić information content (AvgIpc) is 2.65. The number of hydrogen-bond acceptors (Lipinski definition) is 4. The van der Waals surface area contributed by atoms with Crippen LogP contribution in [0.3, 0.4) is 0 Å². The maximum Gasteiger partial charge on any atom is 0.273 e. The molecular formula is C21H16N2O4. The normalized spacial score (nSPS) is 10.4. The van der Waals surface area contributed by atoms with Gasteiger partial charge in [0, 0.05) is 5.69 Å². The summed E-state index contributed by atoms with van der Waals surface area (Å²) in [6.45, 7) is 0. The molecule has 0 bridgehead atoms. The Kier molecular flexibility index (Phi) is 5.08. The number of phenols is 2. The standard InChI is InChI=1S/C21H16N2O4/c22-20(26)16-11-19(25)17(12-18(16)24)21(27)23-15-8-6-14(7-9-15)10-13-4-2-1-3-5-13/h2-9,11-12,22,24-25H,10H2,(H,23,27). The van der Waals surface area contributed by atoms with Gasteiger partial charge in [-0.1, -0.05) is 36.4 Å². The summed E-state index contributed by atoms with van der Waals surface area (Å²) >= 11 is 0. The van der Waals surface area contributed by atoms with Crippen LogP contribution >= 0.6 is 0 Å². The molecule has 2 radical (unpaired) electrons. The Hall–Kier alpha value is -3.80. The Morgan fingerprint density at radius 2 is 1.44 bits per heavy atom. The van der Waals surface area contributed by atoms with E-state index in [9.17, 15) is 19.8 Å². The topological polar surface area (TPSA) is 110 Å². The van der Waals surface area contributed by atoms with Crippen LogP contribution in [0.25, 0.3) is 0 Å². The van der Waals surface area contributed by atoms with Crippen LogP contribution in [0.5, 0.6) is 11.5 Å². The number of carbonyl (C=O) groups is 2. The minimum atomic E-state index is -1.15. The lowest BCUT2D eigenvalue weighted by atomic mass is 10.0. The van der Waals surface area contributed by atoms with Gasteiger partial charge in [-0.05, 0) is 47.9 Å². The molecule has 6 heteroatoms. The van der Waals surface area contributed by atoms with Gasteiger partial charge < -0.3 is 15.5 Å². The summed E-state index contributed by atoms with van der Waals surface area (Å²) < 4.78 is 0. The highest BCUT2D eigenvalue weighted by atomic mass is 16.3. The van der Waals surface area contributed by atoms with E-state index < -0.39 is 23.3 Å². The molecule has 6 nitrogen and oxygen atoms in total. The summed E-state index contributed by atoms with van der Waals surface area (Å²) in [5.41, 5.74) is 9.17. The van der Waals surface area contributed by atoms with Gasteiger partial charge in [-0.3, -0.25) is 15.3 Å². The predicted molar refractivity (Wildman–Crippen MR) is 99.7 cm³/mol. The van der Waals surface area contributed by atoms with E-state index >= 15 is 0 Å². The van der Waals surface area contributed by atoms with Crippen molar-refractivity contribution in [3.05, 3.63) is 89.0 Å². The lowest BCUT2D eigenvalue weighted by molar-refractivity contribution is 0.0983. The van der Waals surface area contributed by atoms with Crippen LogP contribution in [0.4, 0.5) is 5.69 Å². The van der Waals surface area contributed by atoms with Crippen LogP contribution < -0.4 is 11.1 Å². The molecule has 0 heterocycles. The summed E-state index contributed by atoms with van der Waals surface area (Å²) in [5, 5.41) is 22.3. The maximum atomic E-state index is 12.3. The van der Waals surface area contributed by atoms with Crippen LogP contribution in [-0.4, -0.2) is 22.0 Å². The minimum Gasteiger partial charge on any atom is -0.507 e. The zero-order valence-electron chi connectivity index (χ0n) is 14.2. The molecule has 0 aromatic heterocycles. The van der Waals surface area contributed by atoms with E-state index in [-0.39, 0.29) is 11.1 Å². The first kappa shape index (κ1) is 18.0. The largest absolute Gasteiger partial charge is 0.507 e. The van der Waals surface area contributed by atoms with Gasteiger partial charge in [-0.2, -0.15) is 0 Å². The molecule has 0 saturated heterocycles. The van der Waals surface area contributed by atoms with Crippen molar-refractivity contribution in [3.63, 3.8) is 0 Å². The van der Waals surface area contributed by atoms with Crippen molar-refractivity contribution in [2.45, 2.75) is 6.42 Å². The third kappa shape index (κ3) is 4.24. The van der Waals surface area contributed by atoms with E-state index in [1.165, 1.54) is 0 Å². The molecule has 0 atom stereocenters. The van der Waals surface area contributed by atoms with Crippen LogP contribution in [0.1, 0.15) is 31.8 Å². The summed E-state index contributed by atoms with van der Waals surface area (Å²) in [4.78, 5) is 23.4. The quantitative estimate of drug-likeness (QED) is 0.607. The van der Waals surface area contributed by atoms with E-state index in [0.717, 1.165) is 29.7 Å². The molecule has 0 spiro atoms. The average molecular weight is 360 g/mol. The van der Waals surface area contributed by atoms with Crippen molar-refractivity contribution in [2.75, 3.05) is 5.32 Å². The number of carbonyl (C=O) groups excluding carboxylic acids is 2. The van der Waals surface area contributed by atoms with Crippen LogP contribution in [0.2, 0.25) is 0 Å². The Morgan fingerprint density at radius 1 is 0.889 bits per heavy atom. The molecule has 27 heavy (non-hydrogen) atoms. The molecule has 0 saturated carbocycles. The molecule has 3 aromatic rings. The van der Waals surface area contributed by atoms with Gasteiger partial charge in [0.25, 0.3) is 11.8 Å². The lowest BCUT2D eigenvalue weighted by Crippen LogP contribution is -2.13. The second-order valence-corrected chi connectivity index (χ2v) is 5.95. The molecule has 0 aliphatic rings. The number of benzene rings is 3. The zero-order valence-corrected chi connectivity index (χ0v) is 14.2. The Morgan fingerprint density at radius 3 is 2.07 bits per heavy atom. The van der Waals surface area contributed by atoms with Crippen molar-refractivity contribution < 1.29 is 19.8 Å². The van der Waals surface area contributed by atoms with Crippen LogP contribution in [0, 0.1) is 6.07 Å².